The lowest BCUT2D eigenvalue weighted by Crippen LogP contribution is -2.32. The molecule has 1 N–H and O–H groups in total. The van der Waals surface area contributed by atoms with E-state index in [9.17, 15) is 4.79 Å². The van der Waals surface area contributed by atoms with Crippen LogP contribution < -0.4 is 5.32 Å². The average Bonchev–Trinajstić information content (AvgIpc) is 2.59. The summed E-state index contributed by atoms with van der Waals surface area (Å²) in [5.74, 6) is 0.895. The number of nitrogens with zero attached hydrogens (tertiary/aromatic N) is 1. The molecule has 13 heavy (non-hydrogen) atoms. The van der Waals surface area contributed by atoms with E-state index in [0.717, 1.165) is 39.0 Å². The molecule has 0 aromatic carbocycles. The van der Waals surface area contributed by atoms with E-state index in [1.54, 1.807) is 0 Å². The Morgan fingerprint density at radius 1 is 1.46 bits per heavy atom. The zero-order chi connectivity index (χ0) is 9.68. The molecule has 3 nitrogen and oxygen atoms in total. The molecule has 0 aromatic heterocycles. The van der Waals surface area contributed by atoms with Gasteiger partial charge in [-0.2, -0.15) is 0 Å². The first-order valence-corrected chi connectivity index (χ1v) is 5.26. The predicted octanol–water partition coefficient (Wildman–Crippen LogP) is 0.854. The van der Waals surface area contributed by atoms with Crippen LogP contribution in [0.15, 0.2) is 0 Å². The Balaban J connectivity index is 2.29. The summed E-state index contributed by atoms with van der Waals surface area (Å²) in [4.78, 5) is 13.6. The van der Waals surface area contributed by atoms with Gasteiger partial charge in [0.1, 0.15) is 0 Å². The topological polar surface area (TPSA) is 32.3 Å². The highest BCUT2D eigenvalue weighted by Gasteiger charge is 2.20. The Hall–Kier alpha value is -0.570. The number of amides is 1. The van der Waals surface area contributed by atoms with Gasteiger partial charge in [0.25, 0.3) is 0 Å². The SMILES string of the molecule is CCN(CC)C(=O)CC1CCNC1. The minimum atomic E-state index is 0.318. The monoisotopic (exact) mass is 184 g/mol. The lowest BCUT2D eigenvalue weighted by molar-refractivity contribution is -0.131. The van der Waals surface area contributed by atoms with E-state index in [1.807, 2.05) is 18.7 Å². The van der Waals surface area contributed by atoms with Gasteiger partial charge < -0.3 is 10.2 Å². The molecule has 1 amide bonds. The average molecular weight is 184 g/mol. The molecule has 3 heteroatoms. The third-order valence-corrected chi connectivity index (χ3v) is 2.74. The lowest BCUT2D eigenvalue weighted by Gasteiger charge is -2.20. The highest BCUT2D eigenvalue weighted by Crippen LogP contribution is 2.13. The molecule has 1 fully saturated rings. The fraction of sp³-hybridized carbons (Fsp3) is 0.900. The summed E-state index contributed by atoms with van der Waals surface area (Å²) in [7, 11) is 0. The number of rotatable bonds is 4. The molecule has 0 aliphatic carbocycles. The van der Waals surface area contributed by atoms with Crippen molar-refractivity contribution in [2.24, 2.45) is 5.92 Å². The fourth-order valence-corrected chi connectivity index (χ4v) is 1.84. The molecule has 0 aromatic rings. The van der Waals surface area contributed by atoms with Crippen molar-refractivity contribution in [3.05, 3.63) is 0 Å². The predicted molar refractivity (Wildman–Crippen MR) is 53.5 cm³/mol. The molecule has 0 spiro atoms. The Morgan fingerprint density at radius 2 is 2.15 bits per heavy atom. The van der Waals surface area contributed by atoms with Crippen molar-refractivity contribution in [2.45, 2.75) is 26.7 Å². The summed E-state index contributed by atoms with van der Waals surface area (Å²) in [6, 6.07) is 0. The molecular weight excluding hydrogens is 164 g/mol. The maximum absolute atomic E-state index is 11.7. The van der Waals surface area contributed by atoms with Gasteiger partial charge in [0.05, 0.1) is 0 Å². The van der Waals surface area contributed by atoms with Crippen molar-refractivity contribution in [1.29, 1.82) is 0 Å². The van der Waals surface area contributed by atoms with Crippen LogP contribution in [0.1, 0.15) is 26.7 Å². The molecule has 1 heterocycles. The summed E-state index contributed by atoms with van der Waals surface area (Å²) in [6.07, 6.45) is 1.89. The molecule has 0 bridgehead atoms. The van der Waals surface area contributed by atoms with Gasteiger partial charge in [-0.25, -0.2) is 0 Å². The van der Waals surface area contributed by atoms with E-state index < -0.39 is 0 Å². The second kappa shape index (κ2) is 5.22. The molecule has 0 radical (unpaired) electrons. The summed E-state index contributed by atoms with van der Waals surface area (Å²) >= 11 is 0. The molecule has 1 aliphatic rings. The Kier molecular flexibility index (Phi) is 4.22. The Bertz CT molecular complexity index is 160. The Morgan fingerprint density at radius 3 is 2.62 bits per heavy atom. The quantitative estimate of drug-likeness (QED) is 0.702. The largest absolute Gasteiger partial charge is 0.343 e. The van der Waals surface area contributed by atoms with Crippen LogP contribution in [0.3, 0.4) is 0 Å². The number of carbonyl (C=O) groups is 1. The van der Waals surface area contributed by atoms with Gasteiger partial charge in [-0.05, 0) is 39.3 Å². The van der Waals surface area contributed by atoms with E-state index >= 15 is 0 Å². The fourth-order valence-electron chi connectivity index (χ4n) is 1.84. The van der Waals surface area contributed by atoms with Crippen LogP contribution in [0.4, 0.5) is 0 Å². The number of hydrogen-bond donors (Lipinski definition) is 1. The first kappa shape index (κ1) is 10.5. The normalized spacial score (nSPS) is 21.8. The maximum atomic E-state index is 11.7. The minimum absolute atomic E-state index is 0.318. The number of hydrogen-bond acceptors (Lipinski definition) is 2. The van der Waals surface area contributed by atoms with E-state index in [0.29, 0.717) is 11.8 Å². The van der Waals surface area contributed by atoms with Gasteiger partial charge in [0, 0.05) is 19.5 Å². The van der Waals surface area contributed by atoms with Crippen LogP contribution in [0.25, 0.3) is 0 Å². The Labute approximate surface area is 80.5 Å². The van der Waals surface area contributed by atoms with Gasteiger partial charge in [-0.3, -0.25) is 4.79 Å². The maximum Gasteiger partial charge on any atom is 0.222 e. The second-order valence-corrected chi connectivity index (χ2v) is 3.63. The van der Waals surface area contributed by atoms with Gasteiger partial charge in [0.2, 0.25) is 5.91 Å². The van der Waals surface area contributed by atoms with E-state index in [4.69, 9.17) is 0 Å². The van der Waals surface area contributed by atoms with Gasteiger partial charge >= 0.3 is 0 Å². The molecule has 1 saturated heterocycles. The molecule has 1 unspecified atom stereocenters. The van der Waals surface area contributed by atoms with Gasteiger partial charge in [-0.15, -0.1) is 0 Å². The standard InChI is InChI=1S/C10H20N2O/c1-3-12(4-2)10(13)7-9-5-6-11-8-9/h9,11H,3-8H2,1-2H3. The summed E-state index contributed by atoms with van der Waals surface area (Å²) < 4.78 is 0. The van der Waals surface area contributed by atoms with E-state index in [1.165, 1.54) is 0 Å². The minimum Gasteiger partial charge on any atom is -0.343 e. The summed E-state index contributed by atoms with van der Waals surface area (Å²) in [5, 5.41) is 3.28. The van der Waals surface area contributed by atoms with Crippen LogP contribution in [0, 0.1) is 5.92 Å². The summed E-state index contributed by atoms with van der Waals surface area (Å²) in [5.41, 5.74) is 0. The second-order valence-electron chi connectivity index (χ2n) is 3.63. The third kappa shape index (κ3) is 2.99. The van der Waals surface area contributed by atoms with Crippen molar-refractivity contribution in [1.82, 2.24) is 10.2 Å². The van der Waals surface area contributed by atoms with Crippen molar-refractivity contribution < 1.29 is 4.79 Å². The van der Waals surface area contributed by atoms with E-state index in [2.05, 4.69) is 5.32 Å². The van der Waals surface area contributed by atoms with Gasteiger partial charge in [0.15, 0.2) is 0 Å². The van der Waals surface area contributed by atoms with Crippen molar-refractivity contribution in [3.8, 4) is 0 Å². The van der Waals surface area contributed by atoms with Crippen LogP contribution in [-0.2, 0) is 4.79 Å². The first-order valence-electron chi connectivity index (χ1n) is 5.26. The van der Waals surface area contributed by atoms with Crippen LogP contribution in [-0.4, -0.2) is 37.0 Å². The zero-order valence-electron chi connectivity index (χ0n) is 8.68. The van der Waals surface area contributed by atoms with E-state index in [-0.39, 0.29) is 0 Å². The van der Waals surface area contributed by atoms with Crippen LogP contribution in [0.5, 0.6) is 0 Å². The molecular formula is C10H20N2O. The smallest absolute Gasteiger partial charge is 0.222 e. The first-order chi connectivity index (χ1) is 6.27. The third-order valence-electron chi connectivity index (χ3n) is 2.74. The molecule has 1 aliphatic heterocycles. The van der Waals surface area contributed by atoms with Crippen LogP contribution >= 0.6 is 0 Å². The van der Waals surface area contributed by atoms with Crippen molar-refractivity contribution in [3.63, 3.8) is 0 Å². The molecule has 76 valence electrons. The zero-order valence-corrected chi connectivity index (χ0v) is 8.68. The number of nitrogens with one attached hydrogen (secondary N) is 1. The molecule has 1 atom stereocenters. The summed E-state index contributed by atoms with van der Waals surface area (Å²) in [6.45, 7) is 7.86. The highest BCUT2D eigenvalue weighted by atomic mass is 16.2. The lowest BCUT2D eigenvalue weighted by atomic mass is 10.0. The van der Waals surface area contributed by atoms with Crippen molar-refractivity contribution in [2.75, 3.05) is 26.2 Å². The molecule has 1 rings (SSSR count). The number of carbonyl (C=O) groups excluding carboxylic acids is 1. The molecule has 0 saturated carbocycles. The van der Waals surface area contributed by atoms with Gasteiger partial charge in [-0.1, -0.05) is 0 Å². The van der Waals surface area contributed by atoms with Crippen LogP contribution in [0.2, 0.25) is 0 Å². The van der Waals surface area contributed by atoms with Crippen molar-refractivity contribution >= 4 is 5.91 Å². The highest BCUT2D eigenvalue weighted by molar-refractivity contribution is 5.76.